The molecule has 0 saturated carbocycles. The molecule has 0 aliphatic carbocycles. The fourth-order valence-electron chi connectivity index (χ4n) is 2.65. The first-order valence-corrected chi connectivity index (χ1v) is 9.38. The summed E-state index contributed by atoms with van der Waals surface area (Å²) in [4.78, 5) is 10.9. The normalized spacial score (nSPS) is 11.0. The molecular formula is C23H15BrFNO3. The molecule has 6 heteroatoms. The van der Waals surface area contributed by atoms with E-state index in [1.165, 1.54) is 18.2 Å². The molecule has 0 atom stereocenters. The number of carboxylic acid groups (broad SMARTS) is 1. The van der Waals surface area contributed by atoms with E-state index in [1.807, 2.05) is 6.07 Å². The molecule has 4 nitrogen and oxygen atoms in total. The first-order valence-electron chi connectivity index (χ1n) is 8.59. The van der Waals surface area contributed by atoms with E-state index in [0.29, 0.717) is 10.2 Å². The van der Waals surface area contributed by atoms with E-state index < -0.39 is 11.8 Å². The molecule has 0 aliphatic rings. The number of carbonyl (C=O) groups is 1. The molecule has 1 N–H and O–H groups in total. The van der Waals surface area contributed by atoms with Crippen LogP contribution < -0.4 is 4.74 Å². The van der Waals surface area contributed by atoms with E-state index in [4.69, 9.17) is 9.84 Å². The summed E-state index contributed by atoms with van der Waals surface area (Å²) in [6.07, 6.45) is 1.61. The fourth-order valence-corrected chi connectivity index (χ4v) is 3.16. The Labute approximate surface area is 175 Å². The molecule has 3 aromatic rings. The van der Waals surface area contributed by atoms with Gasteiger partial charge in [-0.25, -0.2) is 9.18 Å². The van der Waals surface area contributed by atoms with Crippen molar-refractivity contribution in [3.05, 3.63) is 99.3 Å². The van der Waals surface area contributed by atoms with Crippen molar-refractivity contribution in [1.29, 1.82) is 5.26 Å². The third-order valence-electron chi connectivity index (χ3n) is 4.15. The van der Waals surface area contributed by atoms with E-state index in [-0.39, 0.29) is 23.3 Å². The van der Waals surface area contributed by atoms with E-state index >= 15 is 0 Å². The molecular weight excluding hydrogens is 437 g/mol. The second kappa shape index (κ2) is 9.18. The highest BCUT2D eigenvalue weighted by Gasteiger charge is 2.09. The zero-order chi connectivity index (χ0) is 20.8. The summed E-state index contributed by atoms with van der Waals surface area (Å²) < 4.78 is 20.4. The van der Waals surface area contributed by atoms with Crippen LogP contribution in [0.2, 0.25) is 0 Å². The monoisotopic (exact) mass is 451 g/mol. The minimum absolute atomic E-state index is 0.217. The maximum absolute atomic E-state index is 13.9. The third-order valence-corrected chi connectivity index (χ3v) is 4.77. The maximum atomic E-state index is 13.9. The number of halogens is 2. The number of hydrogen-bond acceptors (Lipinski definition) is 3. The van der Waals surface area contributed by atoms with Crippen LogP contribution in [-0.2, 0) is 6.61 Å². The molecule has 29 heavy (non-hydrogen) atoms. The van der Waals surface area contributed by atoms with Gasteiger partial charge in [0.05, 0.1) is 21.7 Å². The molecule has 0 aromatic heterocycles. The summed E-state index contributed by atoms with van der Waals surface area (Å²) in [6, 6.07) is 19.9. The molecule has 144 valence electrons. The van der Waals surface area contributed by atoms with Crippen LogP contribution in [0, 0.1) is 17.1 Å². The van der Waals surface area contributed by atoms with Gasteiger partial charge in [-0.1, -0.05) is 36.4 Å². The molecule has 0 fully saturated rings. The fraction of sp³-hybridized carbons (Fsp3) is 0.0435. The molecule has 0 bridgehead atoms. The van der Waals surface area contributed by atoms with Gasteiger partial charge in [0.1, 0.15) is 18.2 Å². The van der Waals surface area contributed by atoms with Gasteiger partial charge in [0.25, 0.3) is 0 Å². The highest BCUT2D eigenvalue weighted by atomic mass is 79.9. The topological polar surface area (TPSA) is 70.3 Å². The van der Waals surface area contributed by atoms with Crippen molar-refractivity contribution >= 4 is 33.5 Å². The lowest BCUT2D eigenvalue weighted by Gasteiger charge is -2.09. The van der Waals surface area contributed by atoms with Crippen LogP contribution in [0.3, 0.4) is 0 Å². The summed E-state index contributed by atoms with van der Waals surface area (Å²) >= 11 is 3.44. The van der Waals surface area contributed by atoms with Gasteiger partial charge < -0.3 is 9.84 Å². The Kier molecular flexibility index (Phi) is 6.43. The van der Waals surface area contributed by atoms with Gasteiger partial charge in [-0.05, 0) is 63.5 Å². The van der Waals surface area contributed by atoms with Crippen LogP contribution in [0.25, 0.3) is 11.6 Å². The molecule has 0 unspecified atom stereocenters. The lowest BCUT2D eigenvalue weighted by molar-refractivity contribution is 0.0697. The third kappa shape index (κ3) is 5.09. The Morgan fingerprint density at radius 2 is 1.86 bits per heavy atom. The van der Waals surface area contributed by atoms with Crippen molar-refractivity contribution < 1.29 is 19.0 Å². The molecule has 0 heterocycles. The summed E-state index contributed by atoms with van der Waals surface area (Å²) in [7, 11) is 0. The van der Waals surface area contributed by atoms with Crippen molar-refractivity contribution in [2.24, 2.45) is 0 Å². The average Bonchev–Trinajstić information content (AvgIpc) is 2.72. The van der Waals surface area contributed by atoms with Crippen LogP contribution in [-0.4, -0.2) is 11.1 Å². The first kappa shape index (κ1) is 20.3. The predicted octanol–water partition coefficient (Wildman–Crippen LogP) is 5.93. The Hall–Kier alpha value is -3.43. The Morgan fingerprint density at radius 3 is 2.48 bits per heavy atom. The number of benzene rings is 3. The van der Waals surface area contributed by atoms with Crippen molar-refractivity contribution in [3.8, 4) is 11.8 Å². The molecule has 0 amide bonds. The number of hydrogen-bond donors (Lipinski definition) is 1. The van der Waals surface area contributed by atoms with Gasteiger partial charge in [-0.3, -0.25) is 0 Å². The van der Waals surface area contributed by atoms with E-state index in [2.05, 4.69) is 15.9 Å². The molecule has 0 radical (unpaired) electrons. The van der Waals surface area contributed by atoms with Crippen molar-refractivity contribution in [2.75, 3.05) is 0 Å². The van der Waals surface area contributed by atoms with E-state index in [9.17, 15) is 14.4 Å². The van der Waals surface area contributed by atoms with Crippen LogP contribution in [0.5, 0.6) is 5.75 Å². The predicted molar refractivity (Wildman–Crippen MR) is 112 cm³/mol. The van der Waals surface area contributed by atoms with Crippen LogP contribution in [0.1, 0.15) is 27.0 Å². The van der Waals surface area contributed by atoms with E-state index in [0.717, 1.165) is 11.1 Å². The lowest BCUT2D eigenvalue weighted by atomic mass is 10.0. The van der Waals surface area contributed by atoms with Crippen molar-refractivity contribution in [1.82, 2.24) is 0 Å². The number of carboxylic acids is 1. The summed E-state index contributed by atoms with van der Waals surface area (Å²) in [5, 5.41) is 18.3. The van der Waals surface area contributed by atoms with E-state index in [1.54, 1.807) is 54.6 Å². The van der Waals surface area contributed by atoms with Gasteiger partial charge in [0.2, 0.25) is 0 Å². The summed E-state index contributed by atoms with van der Waals surface area (Å²) in [5.41, 5.74) is 2.24. The molecule has 0 saturated heterocycles. The number of aromatic carboxylic acids is 1. The Balaban J connectivity index is 1.75. The second-order valence-corrected chi connectivity index (χ2v) is 6.98. The molecule has 0 spiro atoms. The minimum Gasteiger partial charge on any atom is -0.488 e. The minimum atomic E-state index is -0.976. The number of allylic oxidation sites excluding steroid dienone is 1. The Bertz CT molecular complexity index is 1120. The van der Waals surface area contributed by atoms with Crippen molar-refractivity contribution in [2.45, 2.75) is 6.61 Å². The second-order valence-electron chi connectivity index (χ2n) is 6.13. The zero-order valence-electron chi connectivity index (χ0n) is 15.1. The summed E-state index contributed by atoms with van der Waals surface area (Å²) in [5.74, 6) is -0.835. The summed E-state index contributed by atoms with van der Waals surface area (Å²) in [6.45, 7) is 0.270. The largest absolute Gasteiger partial charge is 0.488 e. The van der Waals surface area contributed by atoms with Crippen molar-refractivity contribution in [3.63, 3.8) is 0 Å². The molecule has 0 aliphatic heterocycles. The highest BCUT2D eigenvalue weighted by Crippen LogP contribution is 2.29. The number of ether oxygens (including phenoxy) is 1. The Morgan fingerprint density at radius 1 is 1.14 bits per heavy atom. The number of nitriles is 1. The van der Waals surface area contributed by atoms with Gasteiger partial charge in [0, 0.05) is 5.56 Å². The van der Waals surface area contributed by atoms with Gasteiger partial charge in [-0.2, -0.15) is 5.26 Å². The number of nitrogens with zero attached hydrogens (tertiary/aromatic N) is 1. The van der Waals surface area contributed by atoms with Crippen LogP contribution in [0.4, 0.5) is 4.39 Å². The van der Waals surface area contributed by atoms with Crippen LogP contribution in [0.15, 0.2) is 71.2 Å². The highest BCUT2D eigenvalue weighted by molar-refractivity contribution is 9.10. The van der Waals surface area contributed by atoms with Gasteiger partial charge >= 0.3 is 5.97 Å². The average molecular weight is 452 g/mol. The number of rotatable bonds is 6. The van der Waals surface area contributed by atoms with Gasteiger partial charge in [0.15, 0.2) is 0 Å². The quantitative estimate of drug-likeness (QED) is 0.372. The zero-order valence-corrected chi connectivity index (χ0v) is 16.7. The maximum Gasteiger partial charge on any atom is 0.335 e. The van der Waals surface area contributed by atoms with Crippen LogP contribution >= 0.6 is 15.9 Å². The molecule has 3 rings (SSSR count). The van der Waals surface area contributed by atoms with Gasteiger partial charge in [-0.15, -0.1) is 0 Å². The first-order chi connectivity index (χ1) is 14.0. The SMILES string of the molecule is N#C/C(=C/c1ccc(OCc2ccc(C(=O)O)cc2)c(Br)c1)c1ccccc1F. The lowest BCUT2D eigenvalue weighted by Crippen LogP contribution is -1.99. The smallest absolute Gasteiger partial charge is 0.335 e. The standard InChI is InChI=1S/C23H15BrFNO3/c24-20-12-16(11-18(13-26)19-3-1-2-4-21(19)25)7-10-22(20)29-14-15-5-8-17(9-6-15)23(27)28/h1-12H,14H2,(H,27,28)/b18-11-. The molecule has 3 aromatic carbocycles.